The molecule has 0 atom stereocenters. The van der Waals surface area contributed by atoms with E-state index in [1.807, 2.05) is 26.0 Å². The molecule has 146 valence electrons. The fourth-order valence-electron chi connectivity index (χ4n) is 3.73. The maximum Gasteiger partial charge on any atom is 0.251 e. The summed E-state index contributed by atoms with van der Waals surface area (Å²) in [6.07, 6.45) is 4.72. The Morgan fingerprint density at radius 1 is 1.22 bits per heavy atom. The van der Waals surface area contributed by atoms with E-state index < -0.39 is 0 Å². The molecule has 0 unspecified atom stereocenters. The second-order valence-electron chi connectivity index (χ2n) is 7.62. The third kappa shape index (κ3) is 4.33. The lowest BCUT2D eigenvalue weighted by atomic mass is 9.96. The summed E-state index contributed by atoms with van der Waals surface area (Å²) in [5.41, 5.74) is 2.53. The Morgan fingerprint density at radius 2 is 1.89 bits per heavy atom. The van der Waals surface area contributed by atoms with Crippen molar-refractivity contribution >= 4 is 5.91 Å². The molecule has 0 aliphatic heterocycles. The first-order chi connectivity index (χ1) is 12.9. The van der Waals surface area contributed by atoms with Crippen LogP contribution in [0.5, 0.6) is 5.75 Å². The molecule has 1 aromatic heterocycles. The van der Waals surface area contributed by atoms with Crippen molar-refractivity contribution in [2.45, 2.75) is 51.7 Å². The lowest BCUT2D eigenvalue weighted by molar-refractivity contribution is 0.0900. The molecule has 0 bridgehead atoms. The Balaban J connectivity index is 1.56. The third-order valence-corrected chi connectivity index (χ3v) is 5.74. The quantitative estimate of drug-likeness (QED) is 0.807. The largest absolute Gasteiger partial charge is 0.489 e. The van der Waals surface area contributed by atoms with E-state index in [2.05, 4.69) is 29.5 Å². The normalized spacial score (nSPS) is 15.9. The van der Waals surface area contributed by atoms with Crippen LogP contribution < -0.4 is 10.1 Å². The molecular formula is C21H29N3O3. The zero-order chi connectivity index (χ0) is 19.4. The predicted octanol–water partition coefficient (Wildman–Crippen LogP) is 3.47. The molecule has 0 saturated heterocycles. The van der Waals surface area contributed by atoms with Gasteiger partial charge in [-0.05, 0) is 65.0 Å². The van der Waals surface area contributed by atoms with Gasteiger partial charge in [0.1, 0.15) is 18.1 Å². The van der Waals surface area contributed by atoms with E-state index in [9.17, 15) is 4.79 Å². The number of aryl methyl sites for hydroxylation is 2. The number of benzene rings is 1. The summed E-state index contributed by atoms with van der Waals surface area (Å²) in [5, 5.41) is 7.04. The highest BCUT2D eigenvalue weighted by molar-refractivity contribution is 5.94. The van der Waals surface area contributed by atoms with Crippen LogP contribution in [0.4, 0.5) is 0 Å². The number of nitrogens with zero attached hydrogens (tertiary/aromatic N) is 2. The van der Waals surface area contributed by atoms with Crippen molar-refractivity contribution in [2.24, 2.45) is 0 Å². The van der Waals surface area contributed by atoms with Crippen LogP contribution in [-0.4, -0.2) is 42.1 Å². The van der Waals surface area contributed by atoms with E-state index in [0.717, 1.165) is 29.9 Å². The number of nitrogens with one attached hydrogen (secondary N) is 1. The Labute approximate surface area is 160 Å². The molecule has 1 saturated carbocycles. The summed E-state index contributed by atoms with van der Waals surface area (Å²) in [6.45, 7) is 4.85. The molecule has 1 heterocycles. The summed E-state index contributed by atoms with van der Waals surface area (Å²) < 4.78 is 10.9. The Morgan fingerprint density at radius 3 is 2.44 bits per heavy atom. The van der Waals surface area contributed by atoms with Crippen LogP contribution in [0.2, 0.25) is 0 Å². The Kier molecular flexibility index (Phi) is 5.85. The highest BCUT2D eigenvalue weighted by Crippen LogP contribution is 2.33. The van der Waals surface area contributed by atoms with Crippen LogP contribution in [0.25, 0.3) is 0 Å². The molecule has 1 amide bonds. The predicted molar refractivity (Wildman–Crippen MR) is 104 cm³/mol. The molecule has 1 aromatic carbocycles. The second kappa shape index (κ2) is 8.13. The number of ether oxygens (including phenoxy) is 1. The SMILES string of the molecule is Cc1noc(C)c1COc1ccc(C(=O)NCC2(N(C)C)CCCC2)cc1. The number of amides is 1. The number of rotatable bonds is 7. The van der Waals surface area contributed by atoms with Gasteiger partial charge in [-0.25, -0.2) is 0 Å². The standard InChI is InChI=1S/C21H29N3O3/c1-15-19(16(2)27-23-15)13-26-18-9-7-17(8-10-18)20(25)22-14-21(24(3)4)11-5-6-12-21/h7-10H,5-6,11-14H2,1-4H3,(H,22,25). The lowest BCUT2D eigenvalue weighted by Gasteiger charge is -2.36. The summed E-state index contributed by atoms with van der Waals surface area (Å²) in [4.78, 5) is 14.8. The second-order valence-corrected chi connectivity index (χ2v) is 7.62. The Hall–Kier alpha value is -2.34. The van der Waals surface area contributed by atoms with Gasteiger partial charge in [-0.3, -0.25) is 4.79 Å². The van der Waals surface area contributed by atoms with Crippen LogP contribution in [0.1, 0.15) is 53.1 Å². The zero-order valence-corrected chi connectivity index (χ0v) is 16.7. The van der Waals surface area contributed by atoms with Crippen LogP contribution in [0, 0.1) is 13.8 Å². The lowest BCUT2D eigenvalue weighted by Crippen LogP contribution is -2.50. The zero-order valence-electron chi connectivity index (χ0n) is 16.7. The van der Waals surface area contributed by atoms with E-state index in [0.29, 0.717) is 24.5 Å². The highest BCUT2D eigenvalue weighted by Gasteiger charge is 2.36. The maximum absolute atomic E-state index is 12.5. The average molecular weight is 371 g/mol. The first-order valence-electron chi connectivity index (χ1n) is 9.51. The van der Waals surface area contributed by atoms with Crippen LogP contribution in [0.3, 0.4) is 0 Å². The van der Waals surface area contributed by atoms with Gasteiger partial charge in [0, 0.05) is 17.6 Å². The minimum Gasteiger partial charge on any atom is -0.489 e. The van der Waals surface area contributed by atoms with Crippen molar-refractivity contribution < 1.29 is 14.1 Å². The van der Waals surface area contributed by atoms with Gasteiger partial charge in [0.05, 0.1) is 11.3 Å². The van der Waals surface area contributed by atoms with E-state index in [-0.39, 0.29) is 11.4 Å². The molecule has 27 heavy (non-hydrogen) atoms. The fourth-order valence-corrected chi connectivity index (χ4v) is 3.73. The average Bonchev–Trinajstić information content (AvgIpc) is 3.27. The molecule has 1 N–H and O–H groups in total. The summed E-state index contributed by atoms with van der Waals surface area (Å²) in [7, 11) is 4.20. The number of carbonyl (C=O) groups is 1. The minimum atomic E-state index is -0.0413. The van der Waals surface area contributed by atoms with E-state index in [1.54, 1.807) is 12.1 Å². The van der Waals surface area contributed by atoms with Crippen molar-refractivity contribution in [1.82, 2.24) is 15.4 Å². The Bertz CT molecular complexity index is 755. The number of hydrogen-bond donors (Lipinski definition) is 1. The minimum absolute atomic E-state index is 0.0413. The molecule has 3 rings (SSSR count). The molecule has 6 nitrogen and oxygen atoms in total. The van der Waals surface area contributed by atoms with Gasteiger partial charge < -0.3 is 19.5 Å². The van der Waals surface area contributed by atoms with Gasteiger partial charge in [0.15, 0.2) is 0 Å². The molecular weight excluding hydrogens is 342 g/mol. The third-order valence-electron chi connectivity index (χ3n) is 5.74. The van der Waals surface area contributed by atoms with Gasteiger partial charge in [-0.1, -0.05) is 18.0 Å². The number of carbonyl (C=O) groups excluding carboxylic acids is 1. The van der Waals surface area contributed by atoms with Crippen LogP contribution in [0.15, 0.2) is 28.8 Å². The number of likely N-dealkylation sites (N-methyl/N-ethyl adjacent to an activating group) is 1. The van der Waals surface area contributed by atoms with Gasteiger partial charge in [-0.15, -0.1) is 0 Å². The van der Waals surface area contributed by atoms with E-state index >= 15 is 0 Å². The van der Waals surface area contributed by atoms with Crippen molar-refractivity contribution in [3.05, 3.63) is 46.8 Å². The summed E-state index contributed by atoms with van der Waals surface area (Å²) in [5.74, 6) is 1.44. The smallest absolute Gasteiger partial charge is 0.251 e. The molecule has 1 aliphatic carbocycles. The number of aromatic nitrogens is 1. The van der Waals surface area contributed by atoms with Gasteiger partial charge in [0.25, 0.3) is 5.91 Å². The molecule has 2 aromatic rings. The summed E-state index contributed by atoms with van der Waals surface area (Å²) in [6, 6.07) is 7.25. The van der Waals surface area contributed by atoms with Crippen molar-refractivity contribution in [3.63, 3.8) is 0 Å². The number of hydrogen-bond acceptors (Lipinski definition) is 5. The molecule has 0 spiro atoms. The highest BCUT2D eigenvalue weighted by atomic mass is 16.5. The van der Waals surface area contributed by atoms with Crippen LogP contribution >= 0.6 is 0 Å². The first kappa shape index (κ1) is 19.4. The van der Waals surface area contributed by atoms with Gasteiger partial charge in [0.2, 0.25) is 0 Å². The molecule has 6 heteroatoms. The molecule has 1 aliphatic rings. The fraction of sp³-hybridized carbons (Fsp3) is 0.524. The monoisotopic (exact) mass is 371 g/mol. The van der Waals surface area contributed by atoms with Crippen molar-refractivity contribution in [2.75, 3.05) is 20.6 Å². The van der Waals surface area contributed by atoms with Gasteiger partial charge in [-0.2, -0.15) is 0 Å². The van der Waals surface area contributed by atoms with Gasteiger partial charge >= 0.3 is 0 Å². The van der Waals surface area contributed by atoms with Crippen molar-refractivity contribution in [1.29, 1.82) is 0 Å². The summed E-state index contributed by atoms with van der Waals surface area (Å²) >= 11 is 0. The topological polar surface area (TPSA) is 67.6 Å². The molecule has 0 radical (unpaired) electrons. The molecule has 1 fully saturated rings. The van der Waals surface area contributed by atoms with E-state index in [4.69, 9.17) is 9.26 Å². The maximum atomic E-state index is 12.5. The van der Waals surface area contributed by atoms with E-state index in [1.165, 1.54) is 12.8 Å². The van der Waals surface area contributed by atoms with Crippen molar-refractivity contribution in [3.8, 4) is 5.75 Å². The van der Waals surface area contributed by atoms with Crippen LogP contribution in [-0.2, 0) is 6.61 Å². The first-order valence-corrected chi connectivity index (χ1v) is 9.51.